The van der Waals surface area contributed by atoms with E-state index in [2.05, 4.69) is 53.0 Å². The van der Waals surface area contributed by atoms with Crippen LogP contribution in [-0.4, -0.2) is 163 Å². The number of anilines is 3. The summed E-state index contributed by atoms with van der Waals surface area (Å²) in [5.41, 5.74) is 15.3. The fourth-order valence-corrected chi connectivity index (χ4v) is 13.3. The number of imidazole rings is 3. The summed E-state index contributed by atoms with van der Waals surface area (Å²) in [6, 6.07) is 0. The van der Waals surface area contributed by atoms with Crippen LogP contribution in [0.4, 0.5) is 17.7 Å². The highest BCUT2D eigenvalue weighted by atomic mass is 32.5. The fourth-order valence-electron chi connectivity index (χ4n) is 8.50. The zero-order valence-corrected chi connectivity index (χ0v) is 43.5. The van der Waals surface area contributed by atoms with Gasteiger partial charge in [0.05, 0.1) is 32.9 Å². The molecule has 6 aromatic rings. The summed E-state index contributed by atoms with van der Waals surface area (Å²) in [6.07, 6.45) is -14.5. The number of hydrogen-bond donors (Lipinski definition) is 9. The van der Waals surface area contributed by atoms with Crippen LogP contribution in [0.2, 0.25) is 0 Å². The van der Waals surface area contributed by atoms with E-state index in [1.165, 1.54) is 22.5 Å². The van der Waals surface area contributed by atoms with Crippen molar-refractivity contribution in [3.05, 3.63) is 46.0 Å². The molecule has 0 saturated carbocycles. The first-order valence-electron chi connectivity index (χ1n) is 21.6. The maximum Gasteiger partial charge on any atom is 0.313 e. The van der Waals surface area contributed by atoms with Crippen LogP contribution in [0.15, 0.2) is 34.9 Å². The Morgan fingerprint density at radius 3 is 2.09 bits per heavy atom. The Hall–Kier alpha value is -4.77. The van der Waals surface area contributed by atoms with Crippen LogP contribution in [0, 0.1) is 0 Å². The van der Waals surface area contributed by atoms with Crippen molar-refractivity contribution in [2.75, 3.05) is 51.2 Å². The summed E-state index contributed by atoms with van der Waals surface area (Å²) in [6.45, 7) is -8.59. The number of aromatic nitrogens is 12. The third-order valence-corrected chi connectivity index (χ3v) is 17.6. The normalized spacial score (nSPS) is 31.0. The van der Waals surface area contributed by atoms with Crippen molar-refractivity contribution < 1.29 is 109 Å². The number of nitrogens with one attached hydrogen (secondary N) is 2. The quantitative estimate of drug-likeness (QED) is 0.0253. The molecule has 0 bridgehead atoms. The van der Waals surface area contributed by atoms with Crippen LogP contribution >= 0.6 is 30.2 Å². The van der Waals surface area contributed by atoms with E-state index in [1.54, 1.807) is 0 Å². The van der Waals surface area contributed by atoms with E-state index in [1.807, 2.05) is 0 Å². The number of nitrogens with two attached hydrogens (primary N) is 3. The summed E-state index contributed by atoms with van der Waals surface area (Å²) < 4.78 is 100. The van der Waals surface area contributed by atoms with Gasteiger partial charge in [-0.05, 0) is 0 Å². The van der Waals surface area contributed by atoms with Gasteiger partial charge in [-0.15, -0.1) is 0 Å². The largest absolute Gasteiger partial charge is 0.780 e. The number of phosphoric acid groups is 3. The van der Waals surface area contributed by atoms with Gasteiger partial charge in [0.1, 0.15) is 74.0 Å². The standard InChI is InChI=1S/C33H45N15O24P4S/c1-45-10-48(25-15(45)27(54)44-32(36)42-25)29-18(51)21(52)33(63-3,69-29)6-66-74(57,58)72-75(59,60)71-73(55,56)64-5-12-19(20(62-2)30(68-12)46-8-39-13-22(34)37-7-38-23(13)46)70-76(61,77)65-4-11-16(49)17(50)28(67-11)47-9-40-14-24(47)41-31(35)43-26(14)53/h7-12,16-21,28-30,49-52H,4-6H2,1-3H3,(H11-,34,35,36,37,38,41,42,43,44,53,54,55,56,57,58,59,60,61,77)/p-3. The van der Waals surface area contributed by atoms with Gasteiger partial charge >= 0.3 is 5.65 Å². The monoisotopic (exact) mass is 1190 g/mol. The molecule has 77 heavy (non-hydrogen) atoms. The molecule has 44 heteroatoms. The van der Waals surface area contributed by atoms with Crippen molar-refractivity contribution in [1.82, 2.24) is 53.6 Å². The average Bonchev–Trinajstić information content (AvgIpc) is 4.23. The molecule has 3 aliphatic heterocycles. The molecule has 0 spiro atoms. The zero-order valence-electron chi connectivity index (χ0n) is 39.1. The third-order valence-electron chi connectivity index (χ3n) is 11.9. The maximum atomic E-state index is 13.9. The minimum Gasteiger partial charge on any atom is -0.780 e. The lowest BCUT2D eigenvalue weighted by atomic mass is 10.1. The molecule has 0 aromatic carbocycles. The number of H-pyrrole nitrogens is 2. The number of methoxy groups -OCH3 is 2. The van der Waals surface area contributed by atoms with Crippen LogP contribution in [0.5, 0.6) is 0 Å². The molecule has 0 radical (unpaired) electrons. The summed E-state index contributed by atoms with van der Waals surface area (Å²) >= 11 is 5.15. The van der Waals surface area contributed by atoms with E-state index in [9.17, 15) is 63.3 Å². The van der Waals surface area contributed by atoms with Crippen molar-refractivity contribution in [2.45, 2.75) is 73.3 Å². The van der Waals surface area contributed by atoms with Crippen LogP contribution < -0.4 is 52.5 Å². The summed E-state index contributed by atoms with van der Waals surface area (Å²) in [7, 11) is -15.9. The van der Waals surface area contributed by atoms with Crippen molar-refractivity contribution >= 4 is 93.2 Å². The van der Waals surface area contributed by atoms with Crippen LogP contribution in [0.3, 0.4) is 0 Å². The number of aliphatic hydroxyl groups excluding tert-OH is 4. The summed E-state index contributed by atoms with van der Waals surface area (Å²) in [5, 5.41) is 43.7. The molecule has 3 aliphatic rings. The Kier molecular flexibility index (Phi) is 15.6. The van der Waals surface area contributed by atoms with Gasteiger partial charge in [-0.1, -0.05) is 16.8 Å². The lowest BCUT2D eigenvalue weighted by molar-refractivity contribution is -0.750. The number of ether oxygens (including phenoxy) is 5. The van der Waals surface area contributed by atoms with E-state index in [0.717, 1.165) is 42.3 Å². The molecule has 9 heterocycles. The first-order valence-corrected chi connectivity index (χ1v) is 28.5. The number of aliphatic hydroxyl groups is 4. The molecular weight excluding hydrogens is 1150 g/mol. The molecule has 422 valence electrons. The van der Waals surface area contributed by atoms with Gasteiger partial charge in [0.25, 0.3) is 40.5 Å². The molecule has 16 atom stereocenters. The lowest BCUT2D eigenvalue weighted by Gasteiger charge is -2.37. The molecule has 3 saturated heterocycles. The molecule has 9 rings (SSSR count). The smallest absolute Gasteiger partial charge is 0.313 e. The highest BCUT2D eigenvalue weighted by Gasteiger charge is 2.59. The fraction of sp³-hybridized carbons (Fsp3) is 0.545. The van der Waals surface area contributed by atoms with E-state index in [4.69, 9.17) is 66.3 Å². The first kappa shape index (κ1) is 56.9. The minimum atomic E-state index is -6.63. The average molecular weight is 1190 g/mol. The highest BCUT2D eigenvalue weighted by molar-refractivity contribution is 8.06. The van der Waals surface area contributed by atoms with E-state index >= 15 is 0 Å². The van der Waals surface area contributed by atoms with Crippen molar-refractivity contribution in [3.8, 4) is 0 Å². The molecule has 0 amide bonds. The number of nitrogens with zero attached hydrogens (tertiary/aromatic N) is 10. The number of nitrogen functional groups attached to an aromatic ring is 3. The van der Waals surface area contributed by atoms with Gasteiger partial charge in [-0.25, -0.2) is 33.1 Å². The summed E-state index contributed by atoms with van der Waals surface area (Å²) in [5.74, 6) is -3.40. The molecular formula is C33H42N15O24P4S-3. The second kappa shape index (κ2) is 21.0. The van der Waals surface area contributed by atoms with Crippen LogP contribution in [0.25, 0.3) is 33.5 Å². The van der Waals surface area contributed by atoms with Crippen LogP contribution in [-0.2, 0) is 83.0 Å². The Labute approximate surface area is 432 Å². The number of phosphoric ester groups is 2. The number of aryl methyl sites for hydroxylation is 1. The van der Waals surface area contributed by atoms with Crippen LogP contribution in [0.1, 0.15) is 18.7 Å². The molecule has 16 unspecified atom stereocenters. The van der Waals surface area contributed by atoms with Gasteiger partial charge in [-0.2, -0.15) is 4.98 Å². The molecule has 12 N–H and O–H groups in total. The Bertz CT molecular complexity index is 3550. The Morgan fingerprint density at radius 2 is 1.40 bits per heavy atom. The molecule has 6 aromatic heterocycles. The second-order valence-corrected chi connectivity index (χ2v) is 24.0. The predicted octanol–water partition coefficient (Wildman–Crippen LogP) is -7.15. The van der Waals surface area contributed by atoms with E-state index in [0.29, 0.717) is 0 Å². The SMILES string of the molecule is COC1C(OP([O-])(=S)OCC2OC(n3cnc4c(=O)[nH]c(N)nc43)C(O)C2O)C(COP(=O)([O-])OP(=O)([O-])OP(=O)([O-])OCC2(OC)OC([n+]3cn(C)c4c(=O)[nH]c(N)nc43)C(O)C2O)OC1n1cnc2c(N)ncnc21. The van der Waals surface area contributed by atoms with Crippen molar-refractivity contribution in [2.24, 2.45) is 7.05 Å². The van der Waals surface area contributed by atoms with Crippen molar-refractivity contribution in [1.29, 1.82) is 0 Å². The van der Waals surface area contributed by atoms with Gasteiger partial charge < -0.3 is 99.0 Å². The number of fused-ring (bicyclic) bond motifs is 3. The van der Waals surface area contributed by atoms with Gasteiger partial charge in [0, 0.05) is 14.2 Å². The van der Waals surface area contributed by atoms with Gasteiger partial charge in [0.2, 0.25) is 23.5 Å². The van der Waals surface area contributed by atoms with Crippen molar-refractivity contribution in [3.63, 3.8) is 0 Å². The van der Waals surface area contributed by atoms with E-state index in [-0.39, 0.29) is 51.2 Å². The lowest BCUT2D eigenvalue weighted by Crippen LogP contribution is -2.48. The predicted molar refractivity (Wildman–Crippen MR) is 243 cm³/mol. The van der Waals surface area contributed by atoms with Gasteiger partial charge in [-0.3, -0.25) is 47.0 Å². The van der Waals surface area contributed by atoms with E-state index < -0.39 is 134 Å². The summed E-state index contributed by atoms with van der Waals surface area (Å²) in [4.78, 5) is 106. The second-order valence-electron chi connectivity index (χ2n) is 16.8. The maximum absolute atomic E-state index is 13.9. The number of aromatic amines is 2. The number of rotatable bonds is 20. The van der Waals surface area contributed by atoms with Gasteiger partial charge in [0.15, 0.2) is 41.4 Å². The third kappa shape index (κ3) is 11.1. The highest BCUT2D eigenvalue weighted by Crippen LogP contribution is 2.63. The Balaban J connectivity index is 0.876. The molecule has 0 aliphatic carbocycles. The Morgan fingerprint density at radius 1 is 0.779 bits per heavy atom. The number of hydrogen-bond acceptors (Lipinski definition) is 34. The zero-order chi connectivity index (χ0) is 55.9. The first-order chi connectivity index (χ1) is 36.1. The molecule has 39 nitrogen and oxygen atoms in total. The topological polar surface area (TPSA) is 566 Å². The minimum absolute atomic E-state index is 0.00804. The molecule has 3 fully saturated rings.